The monoisotopic (exact) mass is 236 g/mol. The van der Waals surface area contributed by atoms with Crippen LogP contribution in [0.3, 0.4) is 0 Å². The molecule has 2 N–H and O–H groups in total. The predicted molar refractivity (Wildman–Crippen MR) is 72.9 cm³/mol. The predicted octanol–water partition coefficient (Wildman–Crippen LogP) is 2.52. The number of hydrogen-bond donors (Lipinski definition) is 1. The van der Waals surface area contributed by atoms with Crippen molar-refractivity contribution < 1.29 is 4.74 Å². The zero-order valence-electron chi connectivity index (χ0n) is 11.0. The average Bonchev–Trinajstić information content (AvgIpc) is 2.35. The Labute approximate surface area is 105 Å². The van der Waals surface area contributed by atoms with Gasteiger partial charge in [0.2, 0.25) is 0 Å². The Bertz CT molecular complexity index is 298. The highest BCUT2D eigenvalue weighted by Gasteiger charge is 2.03. The summed E-state index contributed by atoms with van der Waals surface area (Å²) in [6.45, 7) is 9.03. The highest BCUT2D eigenvalue weighted by molar-refractivity contribution is 5.39. The van der Waals surface area contributed by atoms with Gasteiger partial charge in [0.25, 0.3) is 0 Å². The van der Waals surface area contributed by atoms with Crippen molar-refractivity contribution in [3.63, 3.8) is 0 Å². The number of anilines is 1. The van der Waals surface area contributed by atoms with Gasteiger partial charge in [-0.1, -0.05) is 19.1 Å². The number of rotatable bonds is 8. The first-order valence-electron chi connectivity index (χ1n) is 6.40. The summed E-state index contributed by atoms with van der Waals surface area (Å²) in [5, 5.41) is 0. The minimum Gasteiger partial charge on any atom is -0.399 e. The van der Waals surface area contributed by atoms with Crippen LogP contribution in [-0.2, 0) is 11.3 Å². The van der Waals surface area contributed by atoms with E-state index in [4.69, 9.17) is 10.5 Å². The van der Waals surface area contributed by atoms with Gasteiger partial charge in [-0.3, -0.25) is 4.90 Å². The van der Waals surface area contributed by atoms with Crippen LogP contribution in [0.4, 0.5) is 5.69 Å². The fraction of sp³-hybridized carbons (Fsp3) is 0.571. The van der Waals surface area contributed by atoms with E-state index in [-0.39, 0.29) is 0 Å². The molecule has 0 aliphatic heterocycles. The Morgan fingerprint density at radius 2 is 1.88 bits per heavy atom. The largest absolute Gasteiger partial charge is 0.399 e. The Balaban J connectivity index is 2.33. The van der Waals surface area contributed by atoms with Crippen LogP contribution in [0, 0.1) is 0 Å². The van der Waals surface area contributed by atoms with Gasteiger partial charge < -0.3 is 10.5 Å². The molecule has 1 aromatic rings. The van der Waals surface area contributed by atoms with Crippen molar-refractivity contribution in [2.75, 3.05) is 32.0 Å². The second-order valence-electron chi connectivity index (χ2n) is 4.16. The zero-order chi connectivity index (χ0) is 12.5. The van der Waals surface area contributed by atoms with E-state index in [9.17, 15) is 0 Å². The molecule has 0 saturated heterocycles. The molecule has 1 aromatic carbocycles. The SMILES string of the molecule is CCOCCCN(CC)Cc1ccc(N)cc1. The quantitative estimate of drug-likeness (QED) is 0.557. The van der Waals surface area contributed by atoms with E-state index in [1.807, 2.05) is 19.1 Å². The fourth-order valence-corrected chi connectivity index (χ4v) is 1.76. The molecule has 0 unspecified atom stereocenters. The third-order valence-electron chi connectivity index (χ3n) is 2.80. The molecule has 17 heavy (non-hydrogen) atoms. The lowest BCUT2D eigenvalue weighted by atomic mass is 10.2. The molecule has 1 rings (SSSR count). The lowest BCUT2D eigenvalue weighted by Crippen LogP contribution is -2.24. The summed E-state index contributed by atoms with van der Waals surface area (Å²) in [7, 11) is 0. The fourth-order valence-electron chi connectivity index (χ4n) is 1.76. The number of nitrogens with two attached hydrogens (primary N) is 1. The van der Waals surface area contributed by atoms with Crippen molar-refractivity contribution in [1.29, 1.82) is 0 Å². The van der Waals surface area contributed by atoms with Gasteiger partial charge in [-0.25, -0.2) is 0 Å². The van der Waals surface area contributed by atoms with Crippen molar-refractivity contribution in [3.8, 4) is 0 Å². The van der Waals surface area contributed by atoms with Gasteiger partial charge in [0.1, 0.15) is 0 Å². The topological polar surface area (TPSA) is 38.5 Å². The van der Waals surface area contributed by atoms with E-state index >= 15 is 0 Å². The number of benzene rings is 1. The van der Waals surface area contributed by atoms with Crippen molar-refractivity contribution >= 4 is 5.69 Å². The third kappa shape index (κ3) is 5.71. The molecule has 96 valence electrons. The maximum Gasteiger partial charge on any atom is 0.0478 e. The standard InChI is InChI=1S/C14H24N2O/c1-3-16(10-5-11-17-4-2)12-13-6-8-14(15)9-7-13/h6-9H,3-5,10-12,15H2,1-2H3. The minimum atomic E-state index is 0.810. The maximum atomic E-state index is 5.67. The first kappa shape index (κ1) is 14.0. The second-order valence-corrected chi connectivity index (χ2v) is 4.16. The van der Waals surface area contributed by atoms with E-state index in [0.717, 1.165) is 45.0 Å². The number of nitrogen functional groups attached to an aromatic ring is 1. The van der Waals surface area contributed by atoms with Gasteiger partial charge in [-0.2, -0.15) is 0 Å². The normalized spacial score (nSPS) is 11.0. The first-order valence-corrected chi connectivity index (χ1v) is 6.40. The van der Waals surface area contributed by atoms with Gasteiger partial charge in [-0.05, 0) is 37.6 Å². The Hall–Kier alpha value is -1.06. The molecule has 0 aliphatic rings. The van der Waals surface area contributed by atoms with Crippen LogP contribution in [0.2, 0.25) is 0 Å². The van der Waals surface area contributed by atoms with E-state index in [2.05, 4.69) is 24.0 Å². The summed E-state index contributed by atoms with van der Waals surface area (Å²) in [5.41, 5.74) is 7.82. The van der Waals surface area contributed by atoms with Crippen LogP contribution in [0.5, 0.6) is 0 Å². The number of ether oxygens (including phenoxy) is 1. The van der Waals surface area contributed by atoms with Crippen molar-refractivity contribution in [2.45, 2.75) is 26.8 Å². The molecule has 0 bridgehead atoms. The molecule has 0 radical (unpaired) electrons. The summed E-state index contributed by atoms with van der Waals surface area (Å²) in [5.74, 6) is 0. The van der Waals surface area contributed by atoms with Crippen LogP contribution < -0.4 is 5.73 Å². The summed E-state index contributed by atoms with van der Waals surface area (Å²) in [4.78, 5) is 2.42. The van der Waals surface area contributed by atoms with Crippen molar-refractivity contribution in [1.82, 2.24) is 4.90 Å². The summed E-state index contributed by atoms with van der Waals surface area (Å²) in [6.07, 6.45) is 1.09. The van der Waals surface area contributed by atoms with Crippen molar-refractivity contribution in [2.24, 2.45) is 0 Å². The second kappa shape index (κ2) is 8.09. The minimum absolute atomic E-state index is 0.810. The molecule has 0 aliphatic carbocycles. The summed E-state index contributed by atoms with van der Waals surface area (Å²) in [6, 6.07) is 8.12. The van der Waals surface area contributed by atoms with Gasteiger partial charge in [0.15, 0.2) is 0 Å². The van der Waals surface area contributed by atoms with Crippen molar-refractivity contribution in [3.05, 3.63) is 29.8 Å². The highest BCUT2D eigenvalue weighted by atomic mass is 16.5. The lowest BCUT2D eigenvalue weighted by molar-refractivity contribution is 0.131. The molecule has 0 amide bonds. The zero-order valence-corrected chi connectivity index (χ0v) is 11.0. The molecule has 3 heteroatoms. The van der Waals surface area contributed by atoms with Gasteiger partial charge in [-0.15, -0.1) is 0 Å². The molecular formula is C14H24N2O. The Kier molecular flexibility index (Phi) is 6.67. The Morgan fingerprint density at radius 1 is 1.18 bits per heavy atom. The summed E-state index contributed by atoms with van der Waals surface area (Å²) < 4.78 is 5.35. The number of hydrogen-bond acceptors (Lipinski definition) is 3. The van der Waals surface area contributed by atoms with E-state index < -0.39 is 0 Å². The molecule has 0 spiro atoms. The van der Waals surface area contributed by atoms with E-state index in [1.54, 1.807) is 0 Å². The smallest absolute Gasteiger partial charge is 0.0478 e. The van der Waals surface area contributed by atoms with E-state index in [1.165, 1.54) is 5.56 Å². The van der Waals surface area contributed by atoms with Crippen LogP contribution in [0.1, 0.15) is 25.8 Å². The summed E-state index contributed by atoms with van der Waals surface area (Å²) >= 11 is 0. The highest BCUT2D eigenvalue weighted by Crippen LogP contribution is 2.08. The average molecular weight is 236 g/mol. The van der Waals surface area contributed by atoms with Crippen LogP contribution in [-0.4, -0.2) is 31.2 Å². The van der Waals surface area contributed by atoms with Crippen LogP contribution in [0.15, 0.2) is 24.3 Å². The molecule has 3 nitrogen and oxygen atoms in total. The van der Waals surface area contributed by atoms with Crippen LogP contribution in [0.25, 0.3) is 0 Å². The molecular weight excluding hydrogens is 212 g/mol. The third-order valence-corrected chi connectivity index (χ3v) is 2.80. The van der Waals surface area contributed by atoms with Gasteiger partial charge in [0.05, 0.1) is 0 Å². The molecule has 0 saturated carbocycles. The number of nitrogens with zero attached hydrogens (tertiary/aromatic N) is 1. The van der Waals surface area contributed by atoms with Gasteiger partial charge >= 0.3 is 0 Å². The lowest BCUT2D eigenvalue weighted by Gasteiger charge is -2.20. The maximum absolute atomic E-state index is 5.67. The molecule has 0 heterocycles. The first-order chi connectivity index (χ1) is 8.26. The molecule has 0 aromatic heterocycles. The van der Waals surface area contributed by atoms with Gasteiger partial charge in [0, 0.05) is 32.0 Å². The molecule has 0 atom stereocenters. The van der Waals surface area contributed by atoms with E-state index in [0.29, 0.717) is 0 Å². The van der Waals surface area contributed by atoms with Crippen LogP contribution >= 0.6 is 0 Å². The Morgan fingerprint density at radius 3 is 2.47 bits per heavy atom. The molecule has 0 fully saturated rings.